The molecule has 104 valence electrons. The van der Waals surface area contributed by atoms with E-state index in [0.29, 0.717) is 12.1 Å². The second-order valence-corrected chi connectivity index (χ2v) is 3.31. The monoisotopic (exact) mass is 279 g/mol. The van der Waals surface area contributed by atoms with E-state index in [2.05, 4.69) is 0 Å². The minimum absolute atomic E-state index is 0.145. The molecule has 0 saturated carbocycles. The number of alkyl halides is 3. The smallest absolute Gasteiger partial charge is 0.455 e. The summed E-state index contributed by atoms with van der Waals surface area (Å²) in [5.74, 6) is -2.67. The lowest BCUT2D eigenvalue weighted by Crippen LogP contribution is -2.23. The Balaban J connectivity index is 3.53. The molecule has 0 bridgehead atoms. The number of hydrogen-bond donors (Lipinski definition) is 0. The van der Waals surface area contributed by atoms with Crippen molar-refractivity contribution in [1.29, 1.82) is 0 Å². The molecule has 1 rings (SSSR count). The van der Waals surface area contributed by atoms with Crippen molar-refractivity contribution in [3.63, 3.8) is 0 Å². The summed E-state index contributed by atoms with van der Waals surface area (Å²) in [4.78, 5) is 20.7. The van der Waals surface area contributed by atoms with Crippen molar-refractivity contribution < 1.29 is 32.4 Å². The maximum absolute atomic E-state index is 12.4. The first-order valence-electron chi connectivity index (χ1n) is 4.74. The molecule has 0 unspecified atom stereocenters. The number of carbonyl (C=O) groups is 1. The molecule has 0 fully saturated rings. The van der Waals surface area contributed by atoms with Crippen molar-refractivity contribution in [2.75, 3.05) is 14.2 Å². The number of rotatable bonds is 4. The second-order valence-electron chi connectivity index (χ2n) is 3.31. The number of nitro groups is 1. The summed E-state index contributed by atoms with van der Waals surface area (Å²) >= 11 is 0. The van der Waals surface area contributed by atoms with Crippen LogP contribution in [0.25, 0.3) is 0 Å². The molecule has 0 atom stereocenters. The van der Waals surface area contributed by atoms with Crippen molar-refractivity contribution >= 4 is 11.5 Å². The first-order chi connectivity index (χ1) is 8.72. The van der Waals surface area contributed by atoms with E-state index in [9.17, 15) is 28.1 Å². The van der Waals surface area contributed by atoms with Gasteiger partial charge in [-0.25, -0.2) is 0 Å². The van der Waals surface area contributed by atoms with Gasteiger partial charge in [0.1, 0.15) is 5.56 Å². The lowest BCUT2D eigenvalue weighted by Gasteiger charge is -2.11. The van der Waals surface area contributed by atoms with Gasteiger partial charge in [-0.3, -0.25) is 14.9 Å². The molecule has 19 heavy (non-hydrogen) atoms. The van der Waals surface area contributed by atoms with Gasteiger partial charge in [-0.1, -0.05) is 0 Å². The van der Waals surface area contributed by atoms with E-state index in [1.54, 1.807) is 0 Å². The first kappa shape index (κ1) is 14.7. The Hall–Kier alpha value is -2.32. The summed E-state index contributed by atoms with van der Waals surface area (Å²) in [6, 6.07) is 1.34. The van der Waals surface area contributed by atoms with Gasteiger partial charge in [0.05, 0.1) is 25.2 Å². The SMILES string of the molecule is COc1cc(C(=O)C(F)(F)F)c([N+](=O)[O-])cc1OC. The van der Waals surface area contributed by atoms with E-state index in [1.807, 2.05) is 0 Å². The highest BCUT2D eigenvalue weighted by Gasteiger charge is 2.43. The summed E-state index contributed by atoms with van der Waals surface area (Å²) in [5, 5.41) is 10.7. The van der Waals surface area contributed by atoms with E-state index >= 15 is 0 Å². The summed E-state index contributed by atoms with van der Waals surface area (Å²) in [6.45, 7) is 0. The predicted octanol–water partition coefficient (Wildman–Crippen LogP) is 2.36. The highest BCUT2D eigenvalue weighted by Crippen LogP contribution is 2.37. The molecule has 0 aliphatic carbocycles. The Kier molecular flexibility index (Phi) is 3.98. The van der Waals surface area contributed by atoms with Crippen molar-refractivity contribution in [3.05, 3.63) is 27.8 Å². The van der Waals surface area contributed by atoms with Crippen LogP contribution in [-0.4, -0.2) is 31.1 Å². The summed E-state index contributed by atoms with van der Waals surface area (Å²) in [7, 11) is 2.29. The van der Waals surface area contributed by atoms with Crippen molar-refractivity contribution in [1.82, 2.24) is 0 Å². The number of ether oxygens (including phenoxy) is 2. The molecule has 1 aromatic carbocycles. The predicted molar refractivity (Wildman–Crippen MR) is 56.6 cm³/mol. The fraction of sp³-hybridized carbons (Fsp3) is 0.300. The highest BCUT2D eigenvalue weighted by atomic mass is 19.4. The van der Waals surface area contributed by atoms with Crippen molar-refractivity contribution in [3.8, 4) is 11.5 Å². The molecule has 0 radical (unpaired) electrons. The standard InChI is InChI=1S/C10H8F3NO5/c1-18-7-3-5(9(15)10(11,12)13)6(14(16)17)4-8(7)19-2/h3-4H,1-2H3. The zero-order valence-electron chi connectivity index (χ0n) is 9.78. The van der Waals surface area contributed by atoms with E-state index in [0.717, 1.165) is 14.2 Å². The van der Waals surface area contributed by atoms with Gasteiger partial charge in [-0.05, 0) is 0 Å². The highest BCUT2D eigenvalue weighted by molar-refractivity contribution is 6.04. The Morgan fingerprint density at radius 3 is 2.05 bits per heavy atom. The molecule has 1 aromatic rings. The molecule has 0 spiro atoms. The van der Waals surface area contributed by atoms with Gasteiger partial charge in [-0.2, -0.15) is 13.2 Å². The number of ketones is 1. The molecule has 0 amide bonds. The van der Waals surface area contributed by atoms with Crippen LogP contribution >= 0.6 is 0 Å². The van der Waals surface area contributed by atoms with Crippen LogP contribution in [0.2, 0.25) is 0 Å². The van der Waals surface area contributed by atoms with Crippen LogP contribution < -0.4 is 9.47 Å². The van der Waals surface area contributed by atoms with Gasteiger partial charge in [-0.15, -0.1) is 0 Å². The maximum Gasteiger partial charge on any atom is 0.455 e. The lowest BCUT2D eigenvalue weighted by molar-refractivity contribution is -0.385. The average molecular weight is 279 g/mol. The van der Waals surface area contributed by atoms with Crippen LogP contribution in [-0.2, 0) is 0 Å². The van der Waals surface area contributed by atoms with Crippen LogP contribution in [0.1, 0.15) is 10.4 Å². The van der Waals surface area contributed by atoms with Crippen molar-refractivity contribution in [2.45, 2.75) is 6.18 Å². The number of nitrogens with zero attached hydrogens (tertiary/aromatic N) is 1. The number of benzene rings is 1. The number of Topliss-reactive ketones (excluding diaryl/α,β-unsaturated/α-hetero) is 1. The van der Waals surface area contributed by atoms with Crippen LogP contribution in [0.15, 0.2) is 12.1 Å². The Bertz CT molecular complexity index is 527. The molecule has 0 aliphatic rings. The van der Waals surface area contributed by atoms with Gasteiger partial charge < -0.3 is 9.47 Å². The summed E-state index contributed by atoms with van der Waals surface area (Å²) in [6.07, 6.45) is -5.22. The van der Waals surface area contributed by atoms with Crippen LogP contribution in [0.5, 0.6) is 11.5 Å². The topological polar surface area (TPSA) is 78.7 Å². The molecule has 0 N–H and O–H groups in total. The summed E-state index contributed by atoms with van der Waals surface area (Å²) < 4.78 is 46.5. The van der Waals surface area contributed by atoms with Gasteiger partial charge in [0.2, 0.25) is 0 Å². The van der Waals surface area contributed by atoms with E-state index in [4.69, 9.17) is 9.47 Å². The number of nitro benzene ring substituents is 1. The molecule has 0 aromatic heterocycles. The Labute approximate surface area is 104 Å². The largest absolute Gasteiger partial charge is 0.493 e. The minimum Gasteiger partial charge on any atom is -0.493 e. The zero-order chi connectivity index (χ0) is 14.8. The molecule has 0 saturated heterocycles. The third-order valence-electron chi connectivity index (χ3n) is 2.20. The third-order valence-corrected chi connectivity index (χ3v) is 2.20. The van der Waals surface area contributed by atoms with Gasteiger partial charge >= 0.3 is 6.18 Å². The maximum atomic E-state index is 12.4. The number of carbonyl (C=O) groups excluding carboxylic acids is 1. The first-order valence-corrected chi connectivity index (χ1v) is 4.74. The molecular weight excluding hydrogens is 271 g/mol. The number of hydrogen-bond acceptors (Lipinski definition) is 5. The Morgan fingerprint density at radius 1 is 1.21 bits per heavy atom. The summed E-state index contributed by atoms with van der Waals surface area (Å²) in [5.41, 5.74) is -2.10. The number of methoxy groups -OCH3 is 2. The van der Waals surface area contributed by atoms with Gasteiger partial charge in [0, 0.05) is 6.07 Å². The molecule has 0 aliphatic heterocycles. The zero-order valence-corrected chi connectivity index (χ0v) is 9.78. The van der Waals surface area contributed by atoms with Crippen LogP contribution in [0.3, 0.4) is 0 Å². The lowest BCUT2D eigenvalue weighted by atomic mass is 10.1. The van der Waals surface area contributed by atoms with Crippen LogP contribution in [0.4, 0.5) is 18.9 Å². The molecule has 6 nitrogen and oxygen atoms in total. The third kappa shape index (κ3) is 2.92. The van der Waals surface area contributed by atoms with Gasteiger partial charge in [0.25, 0.3) is 11.5 Å². The quantitative estimate of drug-likeness (QED) is 0.480. The Morgan fingerprint density at radius 2 is 1.68 bits per heavy atom. The molecule has 9 heteroatoms. The van der Waals surface area contributed by atoms with E-state index < -0.39 is 28.1 Å². The normalized spacial score (nSPS) is 11.0. The van der Waals surface area contributed by atoms with Crippen LogP contribution in [0, 0.1) is 10.1 Å². The van der Waals surface area contributed by atoms with Gasteiger partial charge in [0.15, 0.2) is 11.5 Å². The molecular formula is C10H8F3NO5. The number of halogens is 3. The fourth-order valence-corrected chi connectivity index (χ4v) is 1.35. The van der Waals surface area contributed by atoms with E-state index in [1.165, 1.54) is 0 Å². The van der Waals surface area contributed by atoms with E-state index in [-0.39, 0.29) is 11.5 Å². The fourth-order valence-electron chi connectivity index (χ4n) is 1.35. The minimum atomic E-state index is -5.22. The molecule has 0 heterocycles. The average Bonchev–Trinajstić information content (AvgIpc) is 2.34. The second kappa shape index (κ2) is 5.12. The van der Waals surface area contributed by atoms with Crippen molar-refractivity contribution in [2.24, 2.45) is 0 Å².